The van der Waals surface area contributed by atoms with Crippen molar-refractivity contribution in [1.82, 2.24) is 0 Å². The highest BCUT2D eigenvalue weighted by Gasteiger charge is 2.30. The first-order valence-corrected chi connectivity index (χ1v) is 44.0. The first-order valence-electron chi connectivity index (χ1n) is 41.0. The van der Waals surface area contributed by atoms with Crippen molar-refractivity contribution in [3.8, 4) is 0 Å². The number of aliphatic hydroxyl groups excluding tert-OH is 1. The number of esters is 4. The van der Waals surface area contributed by atoms with Gasteiger partial charge in [0.15, 0.2) is 12.2 Å². The summed E-state index contributed by atoms with van der Waals surface area (Å²) in [5.74, 6) is -0.443. The normalized spacial score (nSPS) is 14.2. The molecule has 17 nitrogen and oxygen atoms in total. The summed E-state index contributed by atoms with van der Waals surface area (Å²) in [6, 6.07) is 0. The van der Waals surface area contributed by atoms with E-state index in [1.807, 2.05) is 0 Å². The third-order valence-electron chi connectivity index (χ3n) is 18.8. The van der Waals surface area contributed by atoms with Crippen LogP contribution in [-0.4, -0.2) is 96.7 Å². The Bertz CT molecular complexity index is 1890. The van der Waals surface area contributed by atoms with Crippen LogP contribution in [-0.2, 0) is 65.4 Å². The molecule has 6 atom stereocenters. The van der Waals surface area contributed by atoms with E-state index in [2.05, 4.69) is 41.5 Å². The fourth-order valence-electron chi connectivity index (χ4n) is 12.2. The van der Waals surface area contributed by atoms with Crippen molar-refractivity contribution in [2.75, 3.05) is 39.6 Å². The predicted octanol–water partition coefficient (Wildman–Crippen LogP) is 23.5. The van der Waals surface area contributed by atoms with Crippen LogP contribution in [0.1, 0.15) is 414 Å². The van der Waals surface area contributed by atoms with Crippen molar-refractivity contribution in [2.45, 2.75) is 432 Å². The quantitative estimate of drug-likeness (QED) is 0.0222. The highest BCUT2D eigenvalue weighted by atomic mass is 31.2. The molecule has 0 spiro atoms. The number of rotatable bonds is 78. The smallest absolute Gasteiger partial charge is 0.462 e. The lowest BCUT2D eigenvalue weighted by Crippen LogP contribution is -2.30. The highest BCUT2D eigenvalue weighted by molar-refractivity contribution is 7.47. The van der Waals surface area contributed by atoms with Gasteiger partial charge >= 0.3 is 39.5 Å². The minimum Gasteiger partial charge on any atom is -0.462 e. The zero-order valence-electron chi connectivity index (χ0n) is 64.1. The lowest BCUT2D eigenvalue weighted by Gasteiger charge is -2.21. The second kappa shape index (κ2) is 70.7. The fourth-order valence-corrected chi connectivity index (χ4v) is 13.7. The third-order valence-corrected chi connectivity index (χ3v) is 20.7. The molecule has 0 bridgehead atoms. The van der Waals surface area contributed by atoms with Gasteiger partial charge in [-0.3, -0.25) is 37.3 Å². The van der Waals surface area contributed by atoms with Gasteiger partial charge in [-0.1, -0.05) is 363 Å². The van der Waals surface area contributed by atoms with Gasteiger partial charge in [-0.15, -0.1) is 0 Å². The summed E-state index contributed by atoms with van der Waals surface area (Å²) >= 11 is 0. The standard InChI is InChI=1S/C79H154O17P2/c1-7-10-12-14-16-18-38-45-51-57-63-78(83)95-74(67-89-76(81)61-55-49-43-35-17-15-13-11-8-2)69-93-97(85,86)91-65-73(80)66-92-98(87,88)94-70-75(68-90-77(82)62-56-50-44-39-33-29-26-25-28-32-37-42-48-54-60-72(6)9-3)96-79(84)64-58-52-46-40-34-30-24-22-20-19-21-23-27-31-36-41-47-53-59-71(4)5/h71-75,80H,7-70H2,1-6H3,(H,85,86)(H,87,88)/t72?,73-,74+,75+/m0/s1. The predicted molar refractivity (Wildman–Crippen MR) is 400 cm³/mol. The van der Waals surface area contributed by atoms with Gasteiger partial charge in [-0.05, 0) is 37.5 Å². The third kappa shape index (κ3) is 71.1. The van der Waals surface area contributed by atoms with E-state index < -0.39 is 97.5 Å². The molecule has 98 heavy (non-hydrogen) atoms. The summed E-state index contributed by atoms with van der Waals surface area (Å²) in [7, 11) is -9.91. The number of unbranched alkanes of at least 4 members (excludes halogenated alkanes) is 47. The van der Waals surface area contributed by atoms with Crippen LogP contribution in [0.25, 0.3) is 0 Å². The van der Waals surface area contributed by atoms with Gasteiger partial charge < -0.3 is 33.8 Å². The van der Waals surface area contributed by atoms with Crippen LogP contribution in [0, 0.1) is 11.8 Å². The molecule has 0 radical (unpaired) electrons. The highest BCUT2D eigenvalue weighted by Crippen LogP contribution is 2.45. The second-order valence-corrected chi connectivity index (χ2v) is 32.1. The largest absolute Gasteiger partial charge is 0.472 e. The first-order chi connectivity index (χ1) is 47.4. The van der Waals surface area contributed by atoms with Crippen molar-refractivity contribution in [1.29, 1.82) is 0 Å². The van der Waals surface area contributed by atoms with Gasteiger partial charge in [-0.2, -0.15) is 0 Å². The molecule has 19 heteroatoms. The van der Waals surface area contributed by atoms with Gasteiger partial charge in [0.25, 0.3) is 0 Å². The van der Waals surface area contributed by atoms with E-state index in [1.165, 1.54) is 231 Å². The topological polar surface area (TPSA) is 237 Å². The number of hydrogen-bond acceptors (Lipinski definition) is 15. The van der Waals surface area contributed by atoms with Crippen LogP contribution in [0.15, 0.2) is 0 Å². The zero-order chi connectivity index (χ0) is 72.1. The van der Waals surface area contributed by atoms with Crippen molar-refractivity contribution in [3.63, 3.8) is 0 Å². The Balaban J connectivity index is 5.18. The number of carbonyl (C=O) groups excluding carboxylic acids is 4. The molecule has 0 aliphatic carbocycles. The van der Waals surface area contributed by atoms with E-state index in [0.717, 1.165) is 102 Å². The number of carbonyl (C=O) groups is 4. The molecule has 0 aromatic heterocycles. The molecule has 0 rings (SSSR count). The Morgan fingerprint density at radius 2 is 0.520 bits per heavy atom. The molecule has 3 N–H and O–H groups in total. The van der Waals surface area contributed by atoms with Crippen molar-refractivity contribution < 1.29 is 80.2 Å². The molecular formula is C79H154O17P2. The molecule has 0 amide bonds. The monoisotopic (exact) mass is 1440 g/mol. The summed E-state index contributed by atoms with van der Waals surface area (Å²) < 4.78 is 68.5. The molecule has 0 aromatic carbocycles. The molecule has 0 saturated carbocycles. The van der Waals surface area contributed by atoms with Crippen LogP contribution in [0.3, 0.4) is 0 Å². The summed E-state index contributed by atoms with van der Waals surface area (Å²) in [5.41, 5.74) is 0. The SMILES string of the molecule is CCCCCCCCCCCCC(=O)O[C@H](COC(=O)CCCCCCCCCCC)COP(=O)(O)OC[C@H](O)COP(=O)(O)OC[C@@H](COC(=O)CCCCCCCCCCCCCCCCC(C)CC)OC(=O)CCCCCCCCCCCCCCCCCCCCC(C)C. The Kier molecular flexibility index (Phi) is 69.3. The maximum Gasteiger partial charge on any atom is 0.472 e. The van der Waals surface area contributed by atoms with Gasteiger partial charge in [0.1, 0.15) is 19.3 Å². The van der Waals surface area contributed by atoms with Gasteiger partial charge in [0.05, 0.1) is 26.4 Å². The maximum atomic E-state index is 13.1. The molecule has 0 fully saturated rings. The minimum absolute atomic E-state index is 0.107. The summed E-state index contributed by atoms with van der Waals surface area (Å²) in [4.78, 5) is 72.8. The molecule has 0 saturated heterocycles. The van der Waals surface area contributed by atoms with Gasteiger partial charge in [0, 0.05) is 25.7 Å². The molecular weight excluding hydrogens is 1280 g/mol. The molecule has 0 aromatic rings. The number of hydrogen-bond donors (Lipinski definition) is 3. The number of phosphoric acid groups is 2. The molecule has 0 heterocycles. The Labute approximate surface area is 600 Å². The maximum absolute atomic E-state index is 13.1. The van der Waals surface area contributed by atoms with E-state index in [9.17, 15) is 43.2 Å². The lowest BCUT2D eigenvalue weighted by atomic mass is 9.99. The average molecular weight is 1440 g/mol. The minimum atomic E-state index is -4.96. The average Bonchev–Trinajstić information content (AvgIpc) is 1.45. The first kappa shape index (κ1) is 96.1. The van der Waals surface area contributed by atoms with Crippen LogP contribution < -0.4 is 0 Å². The van der Waals surface area contributed by atoms with Crippen molar-refractivity contribution in [2.24, 2.45) is 11.8 Å². The summed E-state index contributed by atoms with van der Waals surface area (Å²) in [6.07, 6.45) is 59.7. The van der Waals surface area contributed by atoms with Crippen LogP contribution in [0.2, 0.25) is 0 Å². The van der Waals surface area contributed by atoms with Crippen LogP contribution in [0.5, 0.6) is 0 Å². The number of ether oxygens (including phenoxy) is 4. The second-order valence-electron chi connectivity index (χ2n) is 29.2. The van der Waals surface area contributed by atoms with E-state index in [0.29, 0.717) is 25.7 Å². The Morgan fingerprint density at radius 1 is 0.296 bits per heavy atom. The fraction of sp³-hybridized carbons (Fsp3) is 0.949. The zero-order valence-corrected chi connectivity index (χ0v) is 65.9. The molecule has 3 unspecified atom stereocenters. The molecule has 0 aliphatic rings. The van der Waals surface area contributed by atoms with E-state index in [-0.39, 0.29) is 25.7 Å². The van der Waals surface area contributed by atoms with E-state index >= 15 is 0 Å². The Morgan fingerprint density at radius 3 is 0.776 bits per heavy atom. The number of phosphoric ester groups is 2. The van der Waals surface area contributed by atoms with Crippen molar-refractivity contribution in [3.05, 3.63) is 0 Å². The summed E-state index contributed by atoms with van der Waals surface area (Å²) in [5, 5.41) is 10.6. The summed E-state index contributed by atoms with van der Waals surface area (Å²) in [6.45, 7) is 9.68. The van der Waals surface area contributed by atoms with E-state index in [4.69, 9.17) is 37.0 Å². The van der Waals surface area contributed by atoms with Gasteiger partial charge in [-0.25, -0.2) is 9.13 Å². The molecule has 582 valence electrons. The number of aliphatic hydroxyl groups is 1. The lowest BCUT2D eigenvalue weighted by molar-refractivity contribution is -0.161. The van der Waals surface area contributed by atoms with Gasteiger partial charge in [0.2, 0.25) is 0 Å². The van der Waals surface area contributed by atoms with Crippen LogP contribution in [0.4, 0.5) is 0 Å². The molecule has 0 aliphatic heterocycles. The Hall–Kier alpha value is -1.94. The van der Waals surface area contributed by atoms with E-state index in [1.54, 1.807) is 0 Å². The van der Waals surface area contributed by atoms with Crippen LogP contribution >= 0.6 is 15.6 Å². The van der Waals surface area contributed by atoms with Crippen molar-refractivity contribution >= 4 is 39.5 Å².